The van der Waals surface area contributed by atoms with Gasteiger partial charge in [0.05, 0.1) is 0 Å². The molecule has 1 aromatic heterocycles. The molecule has 0 aliphatic rings. The number of benzene rings is 5. The quantitative estimate of drug-likeness (QED) is 0.284. The zero-order chi connectivity index (χ0) is 20.8. The molecule has 0 spiro atoms. The number of fused-ring (bicyclic) bond motifs is 5. The second-order valence-corrected chi connectivity index (χ2v) is 8.03. The van der Waals surface area contributed by atoms with Crippen molar-refractivity contribution in [3.05, 3.63) is 114 Å². The van der Waals surface area contributed by atoms with Crippen LogP contribution in [-0.2, 0) is 0 Å². The Morgan fingerprint density at radius 2 is 1.26 bits per heavy atom. The third-order valence-corrected chi connectivity index (χ3v) is 5.95. The fourth-order valence-electron chi connectivity index (χ4n) is 4.29. The molecule has 0 saturated carbocycles. The van der Waals surface area contributed by atoms with Gasteiger partial charge < -0.3 is 9.32 Å². The molecule has 5 aromatic carbocycles. The number of hydrogen-bond donors (Lipinski definition) is 0. The van der Waals surface area contributed by atoms with Crippen molar-refractivity contribution < 1.29 is 4.42 Å². The molecule has 148 valence electrons. The van der Waals surface area contributed by atoms with Crippen molar-refractivity contribution in [3.63, 3.8) is 0 Å². The minimum Gasteiger partial charge on any atom is -0.456 e. The highest BCUT2D eigenvalue weighted by atomic mass is 35.5. The van der Waals surface area contributed by atoms with Gasteiger partial charge in [-0.2, -0.15) is 0 Å². The first-order chi connectivity index (χ1) is 15.3. The number of rotatable bonds is 3. The molecule has 0 amide bonds. The van der Waals surface area contributed by atoms with E-state index in [4.69, 9.17) is 16.0 Å². The highest BCUT2D eigenvalue weighted by Crippen LogP contribution is 2.40. The lowest BCUT2D eigenvalue weighted by molar-refractivity contribution is 0.669. The Morgan fingerprint density at radius 3 is 2.10 bits per heavy atom. The van der Waals surface area contributed by atoms with Gasteiger partial charge in [0.25, 0.3) is 0 Å². The summed E-state index contributed by atoms with van der Waals surface area (Å²) < 4.78 is 6.29. The molecule has 2 nitrogen and oxygen atoms in total. The highest BCUT2D eigenvalue weighted by Gasteiger charge is 2.16. The van der Waals surface area contributed by atoms with Crippen molar-refractivity contribution in [1.29, 1.82) is 0 Å². The van der Waals surface area contributed by atoms with E-state index in [0.29, 0.717) is 0 Å². The van der Waals surface area contributed by atoms with Crippen LogP contribution in [0.5, 0.6) is 0 Å². The number of hydrogen-bond acceptors (Lipinski definition) is 2. The molecule has 0 aliphatic carbocycles. The second-order valence-electron chi connectivity index (χ2n) is 7.59. The van der Waals surface area contributed by atoms with Crippen LogP contribution in [0.1, 0.15) is 0 Å². The lowest BCUT2D eigenvalue weighted by Gasteiger charge is -2.25. The van der Waals surface area contributed by atoms with Crippen molar-refractivity contribution in [2.45, 2.75) is 0 Å². The van der Waals surface area contributed by atoms with Gasteiger partial charge in [0.1, 0.15) is 11.2 Å². The van der Waals surface area contributed by atoms with E-state index < -0.39 is 0 Å². The molecule has 6 rings (SSSR count). The Bertz CT molecular complexity index is 1530. The van der Waals surface area contributed by atoms with Crippen LogP contribution in [-0.4, -0.2) is 0 Å². The highest BCUT2D eigenvalue weighted by molar-refractivity contribution is 6.30. The first-order valence-electron chi connectivity index (χ1n) is 10.2. The molecular weight excluding hydrogens is 402 g/mol. The summed E-state index contributed by atoms with van der Waals surface area (Å²) in [5, 5.41) is 5.44. The summed E-state index contributed by atoms with van der Waals surface area (Å²) in [7, 11) is 0. The third-order valence-electron chi connectivity index (χ3n) is 5.70. The standard InChI is InChI=1S/C28H18ClNO/c29-20-11-13-22(14-12-20)30(21-7-2-1-3-8-21)23-15-16-25-27(18-23)31-26-17-10-19-6-4-5-9-24(19)28(25)26/h1-18H. The summed E-state index contributed by atoms with van der Waals surface area (Å²) in [5.74, 6) is 0. The van der Waals surface area contributed by atoms with Crippen molar-refractivity contribution in [2.24, 2.45) is 0 Å². The molecule has 0 bridgehead atoms. The van der Waals surface area contributed by atoms with Gasteiger partial charge in [0, 0.05) is 38.9 Å². The SMILES string of the molecule is Clc1ccc(N(c2ccccc2)c2ccc3c(c2)oc2ccc4ccccc4c23)cc1. The average molecular weight is 420 g/mol. The fraction of sp³-hybridized carbons (Fsp3) is 0. The molecule has 0 unspecified atom stereocenters. The van der Waals surface area contributed by atoms with E-state index in [9.17, 15) is 0 Å². The molecular formula is C28H18ClNO. The van der Waals surface area contributed by atoms with Crippen molar-refractivity contribution in [3.8, 4) is 0 Å². The molecule has 1 heterocycles. The molecule has 0 fully saturated rings. The largest absolute Gasteiger partial charge is 0.456 e. The summed E-state index contributed by atoms with van der Waals surface area (Å²) in [6.45, 7) is 0. The second kappa shape index (κ2) is 7.19. The maximum Gasteiger partial charge on any atom is 0.137 e. The van der Waals surface area contributed by atoms with Gasteiger partial charge in [-0.25, -0.2) is 0 Å². The molecule has 0 N–H and O–H groups in total. The predicted octanol–water partition coefficient (Wildman–Crippen LogP) is 8.86. The topological polar surface area (TPSA) is 16.4 Å². The average Bonchev–Trinajstić information content (AvgIpc) is 3.20. The Hall–Kier alpha value is -3.75. The van der Waals surface area contributed by atoms with Crippen LogP contribution in [0.25, 0.3) is 32.7 Å². The van der Waals surface area contributed by atoms with E-state index in [1.807, 2.05) is 42.5 Å². The Balaban J connectivity index is 1.58. The van der Waals surface area contributed by atoms with Crippen molar-refractivity contribution >= 4 is 61.4 Å². The van der Waals surface area contributed by atoms with Gasteiger partial charge in [-0.3, -0.25) is 0 Å². The fourth-order valence-corrected chi connectivity index (χ4v) is 4.41. The van der Waals surface area contributed by atoms with Crippen LogP contribution in [0.3, 0.4) is 0 Å². The molecule has 0 aliphatic heterocycles. The Labute approximate surface area is 184 Å². The summed E-state index contributed by atoms with van der Waals surface area (Å²) in [6, 6.07) is 37.3. The third kappa shape index (κ3) is 3.04. The molecule has 31 heavy (non-hydrogen) atoms. The molecule has 0 radical (unpaired) electrons. The summed E-state index contributed by atoms with van der Waals surface area (Å²) in [4.78, 5) is 2.21. The van der Waals surface area contributed by atoms with E-state index in [-0.39, 0.29) is 0 Å². The van der Waals surface area contributed by atoms with E-state index in [1.165, 1.54) is 10.8 Å². The van der Waals surface area contributed by atoms with E-state index in [0.717, 1.165) is 44.0 Å². The minimum absolute atomic E-state index is 0.719. The summed E-state index contributed by atoms with van der Waals surface area (Å²) in [6.07, 6.45) is 0. The number of nitrogens with zero attached hydrogens (tertiary/aromatic N) is 1. The molecule has 6 aromatic rings. The van der Waals surface area contributed by atoms with Gasteiger partial charge in [-0.1, -0.05) is 60.1 Å². The normalized spacial score (nSPS) is 11.4. The molecule has 0 saturated heterocycles. The lowest BCUT2D eigenvalue weighted by Crippen LogP contribution is -2.09. The number of para-hydroxylation sites is 1. The number of anilines is 3. The van der Waals surface area contributed by atoms with Crippen LogP contribution in [0.2, 0.25) is 5.02 Å². The van der Waals surface area contributed by atoms with Crippen LogP contribution < -0.4 is 4.90 Å². The summed E-state index contributed by atoms with van der Waals surface area (Å²) in [5.41, 5.74) is 4.92. The van der Waals surface area contributed by atoms with Crippen molar-refractivity contribution in [2.75, 3.05) is 4.90 Å². The van der Waals surface area contributed by atoms with E-state index >= 15 is 0 Å². The first kappa shape index (κ1) is 18.1. The van der Waals surface area contributed by atoms with Crippen LogP contribution in [0.4, 0.5) is 17.1 Å². The smallest absolute Gasteiger partial charge is 0.137 e. The van der Waals surface area contributed by atoms with Crippen LogP contribution >= 0.6 is 11.6 Å². The maximum atomic E-state index is 6.29. The number of halogens is 1. The zero-order valence-electron chi connectivity index (χ0n) is 16.6. The van der Waals surface area contributed by atoms with Crippen molar-refractivity contribution in [1.82, 2.24) is 0 Å². The number of furan rings is 1. The molecule has 0 atom stereocenters. The maximum absolute atomic E-state index is 6.29. The van der Waals surface area contributed by atoms with Crippen LogP contribution in [0.15, 0.2) is 114 Å². The Morgan fingerprint density at radius 1 is 0.548 bits per heavy atom. The van der Waals surface area contributed by atoms with E-state index in [2.05, 4.69) is 71.6 Å². The van der Waals surface area contributed by atoms with Gasteiger partial charge in [0.2, 0.25) is 0 Å². The zero-order valence-corrected chi connectivity index (χ0v) is 17.4. The summed E-state index contributed by atoms with van der Waals surface area (Å²) >= 11 is 6.15. The monoisotopic (exact) mass is 419 g/mol. The van der Waals surface area contributed by atoms with E-state index in [1.54, 1.807) is 0 Å². The van der Waals surface area contributed by atoms with Gasteiger partial charge in [0.15, 0.2) is 0 Å². The van der Waals surface area contributed by atoms with Gasteiger partial charge in [-0.05, 0) is 65.4 Å². The minimum atomic E-state index is 0.719. The predicted molar refractivity (Wildman–Crippen MR) is 131 cm³/mol. The first-order valence-corrected chi connectivity index (χ1v) is 10.6. The molecule has 3 heteroatoms. The van der Waals surface area contributed by atoms with Gasteiger partial charge >= 0.3 is 0 Å². The Kier molecular flexibility index (Phi) is 4.19. The van der Waals surface area contributed by atoms with Crippen LogP contribution in [0, 0.1) is 0 Å². The lowest BCUT2D eigenvalue weighted by atomic mass is 10.0. The van der Waals surface area contributed by atoms with Gasteiger partial charge in [-0.15, -0.1) is 0 Å².